The number of nitrogens with one attached hydrogen (secondary N) is 1. The Morgan fingerprint density at radius 2 is 2.19 bits per heavy atom. The Labute approximate surface area is 140 Å². The lowest BCUT2D eigenvalue weighted by molar-refractivity contribution is -0.115. The predicted molar refractivity (Wildman–Crippen MR) is 89.5 cm³/mol. The molecular weight excluding hydrogens is 348 g/mol. The van der Waals surface area contributed by atoms with E-state index in [1.165, 1.54) is 29.3 Å². The van der Waals surface area contributed by atoms with Crippen molar-refractivity contribution in [2.24, 2.45) is 0 Å². The van der Waals surface area contributed by atoms with Gasteiger partial charge in [-0.1, -0.05) is 53.4 Å². The lowest BCUT2D eigenvalue weighted by Crippen LogP contribution is -2.22. The Balaban J connectivity index is 1.90. The molecule has 1 amide bonds. The highest BCUT2D eigenvalue weighted by Gasteiger charge is 2.17. The summed E-state index contributed by atoms with van der Waals surface area (Å²) in [5.41, 5.74) is 0. The third kappa shape index (κ3) is 5.14. The molecule has 21 heavy (non-hydrogen) atoms. The van der Waals surface area contributed by atoms with Crippen LogP contribution in [0.1, 0.15) is 13.8 Å². The number of carbonyl (C=O) groups excluding carboxylic acids is 1. The largest absolute Gasteiger partial charge is 0.310 e. The molecule has 5 nitrogen and oxygen atoms in total. The Morgan fingerprint density at radius 3 is 2.86 bits per heavy atom. The van der Waals surface area contributed by atoms with Gasteiger partial charge in [-0.3, -0.25) is 4.79 Å². The van der Waals surface area contributed by atoms with Crippen LogP contribution in [0.15, 0.2) is 27.0 Å². The summed E-state index contributed by atoms with van der Waals surface area (Å²) in [6, 6.07) is 3.35. The van der Waals surface area contributed by atoms with Crippen LogP contribution in [0.2, 0.25) is 5.02 Å². The molecule has 0 aliphatic carbocycles. The normalized spacial score (nSPS) is 12.1. The molecule has 1 N–H and O–H groups in total. The smallest absolute Gasteiger partial charge is 0.238 e. The molecule has 0 aliphatic rings. The number of nitrogens with zero attached hydrogens (tertiary/aromatic N) is 3. The Bertz CT molecular complexity index is 605. The van der Waals surface area contributed by atoms with E-state index in [4.69, 9.17) is 11.6 Å². The third-order valence-corrected chi connectivity index (χ3v) is 5.63. The molecule has 112 valence electrons. The number of amides is 1. The maximum atomic E-state index is 12.1. The number of aromatic nitrogens is 3. The summed E-state index contributed by atoms with van der Waals surface area (Å²) in [4.78, 5) is 16.1. The van der Waals surface area contributed by atoms with Crippen molar-refractivity contribution in [2.75, 3.05) is 11.1 Å². The third-order valence-electron chi connectivity index (χ3n) is 2.28. The molecule has 2 rings (SSSR count). The second-order valence-electron chi connectivity index (χ2n) is 3.88. The molecule has 1 atom stereocenters. The van der Waals surface area contributed by atoms with E-state index in [-0.39, 0.29) is 11.2 Å². The van der Waals surface area contributed by atoms with Gasteiger partial charge < -0.3 is 5.32 Å². The van der Waals surface area contributed by atoms with Crippen LogP contribution in [0, 0.1) is 0 Å². The maximum absolute atomic E-state index is 12.1. The van der Waals surface area contributed by atoms with Crippen molar-refractivity contribution >= 4 is 58.2 Å². The zero-order valence-corrected chi connectivity index (χ0v) is 14.6. The van der Waals surface area contributed by atoms with Crippen LogP contribution in [0.4, 0.5) is 5.82 Å². The first-order valence-electron chi connectivity index (χ1n) is 6.14. The summed E-state index contributed by atoms with van der Waals surface area (Å²) in [6.45, 7) is 3.89. The van der Waals surface area contributed by atoms with E-state index >= 15 is 0 Å². The molecule has 1 unspecified atom stereocenters. The van der Waals surface area contributed by atoms with Crippen LogP contribution < -0.4 is 5.32 Å². The molecule has 0 spiro atoms. The highest BCUT2D eigenvalue weighted by Crippen LogP contribution is 2.31. The van der Waals surface area contributed by atoms with Crippen molar-refractivity contribution in [3.05, 3.63) is 23.4 Å². The van der Waals surface area contributed by atoms with Crippen molar-refractivity contribution in [3.8, 4) is 0 Å². The summed E-state index contributed by atoms with van der Waals surface area (Å²) in [7, 11) is 0. The van der Waals surface area contributed by atoms with Crippen LogP contribution in [0.5, 0.6) is 0 Å². The molecule has 0 aromatic carbocycles. The van der Waals surface area contributed by atoms with E-state index in [0.717, 1.165) is 14.4 Å². The van der Waals surface area contributed by atoms with Crippen LogP contribution in [-0.2, 0) is 4.79 Å². The summed E-state index contributed by atoms with van der Waals surface area (Å²) in [6.07, 6.45) is 1.49. The molecule has 0 saturated heterocycles. The van der Waals surface area contributed by atoms with Gasteiger partial charge in [-0.15, -0.1) is 10.2 Å². The van der Waals surface area contributed by atoms with Gasteiger partial charge in [0.25, 0.3) is 0 Å². The van der Waals surface area contributed by atoms with Crippen molar-refractivity contribution < 1.29 is 4.79 Å². The number of hydrogen-bond acceptors (Lipinski definition) is 7. The van der Waals surface area contributed by atoms with E-state index in [0.29, 0.717) is 10.8 Å². The molecule has 0 radical (unpaired) electrons. The first-order valence-corrected chi connectivity index (χ1v) is 9.20. The van der Waals surface area contributed by atoms with Crippen LogP contribution in [0.3, 0.4) is 0 Å². The summed E-state index contributed by atoms with van der Waals surface area (Å²) < 4.78 is 1.71. The average Bonchev–Trinajstić information content (AvgIpc) is 2.89. The first kappa shape index (κ1) is 16.5. The number of halogens is 1. The molecule has 0 fully saturated rings. The van der Waals surface area contributed by atoms with Gasteiger partial charge >= 0.3 is 0 Å². The lowest BCUT2D eigenvalue weighted by Gasteiger charge is -2.09. The standard InChI is InChI=1S/C12H13ClN4OS3/c1-3-19-11-16-17-12(21-11)20-7(2)10(18)15-9-5-4-8(13)6-14-9/h4-7H,3H2,1-2H3,(H,14,15,18). The number of rotatable bonds is 6. The minimum atomic E-state index is -0.282. The number of hydrogen-bond donors (Lipinski definition) is 1. The number of anilines is 1. The van der Waals surface area contributed by atoms with Gasteiger partial charge in [0.2, 0.25) is 5.91 Å². The molecule has 0 bridgehead atoms. The van der Waals surface area contributed by atoms with Crippen molar-refractivity contribution in [3.63, 3.8) is 0 Å². The number of pyridine rings is 1. The quantitative estimate of drug-likeness (QED) is 0.790. The van der Waals surface area contributed by atoms with Crippen LogP contribution in [0.25, 0.3) is 0 Å². The Kier molecular flexibility index (Phi) is 6.28. The molecule has 2 heterocycles. The zero-order chi connectivity index (χ0) is 15.2. The van der Waals surface area contributed by atoms with Crippen molar-refractivity contribution in [1.29, 1.82) is 0 Å². The van der Waals surface area contributed by atoms with Gasteiger partial charge in [-0.2, -0.15) is 0 Å². The van der Waals surface area contributed by atoms with E-state index in [9.17, 15) is 4.79 Å². The van der Waals surface area contributed by atoms with Gasteiger partial charge in [-0.05, 0) is 24.8 Å². The van der Waals surface area contributed by atoms with Gasteiger partial charge in [0.15, 0.2) is 8.68 Å². The highest BCUT2D eigenvalue weighted by molar-refractivity contribution is 8.03. The van der Waals surface area contributed by atoms with Gasteiger partial charge in [-0.25, -0.2) is 4.98 Å². The molecule has 2 aromatic heterocycles. The molecule has 2 aromatic rings. The predicted octanol–water partition coefficient (Wildman–Crippen LogP) is 3.82. The zero-order valence-electron chi connectivity index (χ0n) is 11.4. The lowest BCUT2D eigenvalue weighted by atomic mass is 10.4. The Hall–Kier alpha value is -0.830. The van der Waals surface area contributed by atoms with Crippen LogP contribution >= 0.6 is 46.5 Å². The highest BCUT2D eigenvalue weighted by atomic mass is 35.5. The first-order chi connectivity index (χ1) is 10.1. The average molecular weight is 361 g/mol. The summed E-state index contributed by atoms with van der Waals surface area (Å²) in [5, 5.41) is 11.1. The van der Waals surface area contributed by atoms with Gasteiger partial charge in [0.05, 0.1) is 10.3 Å². The van der Waals surface area contributed by atoms with Crippen molar-refractivity contribution in [1.82, 2.24) is 15.2 Å². The van der Waals surface area contributed by atoms with E-state index < -0.39 is 0 Å². The summed E-state index contributed by atoms with van der Waals surface area (Å²) >= 11 is 10.3. The fraction of sp³-hybridized carbons (Fsp3) is 0.333. The van der Waals surface area contributed by atoms with E-state index in [2.05, 4.69) is 27.4 Å². The van der Waals surface area contributed by atoms with Gasteiger partial charge in [0, 0.05) is 6.20 Å². The topological polar surface area (TPSA) is 67.8 Å². The molecule has 0 aliphatic heterocycles. The fourth-order valence-corrected chi connectivity index (χ4v) is 4.48. The molecule has 9 heteroatoms. The minimum absolute atomic E-state index is 0.130. The van der Waals surface area contributed by atoms with E-state index in [1.54, 1.807) is 23.9 Å². The SMILES string of the molecule is CCSc1nnc(SC(C)C(=O)Nc2ccc(Cl)cn2)s1. The number of carbonyl (C=O) groups is 1. The monoisotopic (exact) mass is 360 g/mol. The van der Waals surface area contributed by atoms with Crippen LogP contribution in [-0.4, -0.2) is 32.1 Å². The Morgan fingerprint density at radius 1 is 1.43 bits per heavy atom. The van der Waals surface area contributed by atoms with Crippen molar-refractivity contribution in [2.45, 2.75) is 27.8 Å². The van der Waals surface area contributed by atoms with E-state index in [1.807, 2.05) is 6.92 Å². The minimum Gasteiger partial charge on any atom is -0.310 e. The second kappa shape index (κ2) is 7.98. The summed E-state index contributed by atoms with van der Waals surface area (Å²) in [5.74, 6) is 1.31. The molecular formula is C12H13ClN4OS3. The maximum Gasteiger partial charge on any atom is 0.238 e. The second-order valence-corrected chi connectivity index (χ2v) is 8.39. The number of thioether (sulfide) groups is 2. The van der Waals surface area contributed by atoms with Gasteiger partial charge in [0.1, 0.15) is 5.82 Å². The molecule has 0 saturated carbocycles. The fourth-order valence-electron chi connectivity index (χ4n) is 1.31.